The summed E-state index contributed by atoms with van der Waals surface area (Å²) in [5.74, 6) is -14.1. The molecule has 0 atom stereocenters. The molecule has 9 heteroatoms. The molecule has 0 heterocycles. The van der Waals surface area contributed by atoms with Crippen molar-refractivity contribution in [3.8, 4) is 0 Å². The van der Waals surface area contributed by atoms with E-state index in [-0.39, 0.29) is 19.3 Å². The van der Waals surface area contributed by atoms with Crippen LogP contribution in [0.2, 0.25) is 0 Å². The molecule has 0 unspecified atom stereocenters. The van der Waals surface area contributed by atoms with Crippen LogP contribution in [-0.2, 0) is 0 Å². The summed E-state index contributed by atoms with van der Waals surface area (Å²) in [4.78, 5) is -0.391. The number of alkyl halides is 6. The lowest BCUT2D eigenvalue weighted by Crippen LogP contribution is -2.63. The molecule has 0 N–H and O–H groups in total. The molecule has 0 radical (unpaired) electrons. The topological polar surface area (TPSA) is 3.24 Å². The standard InChI is InChI=1S/C24H35F8N/c1-3-5-7-9-10-11-13-18-33(20-16-14-15-19(25)21(20)26)24(31,32)23(29,30)22(27,28)17-12-8-6-4-2/h14-16H,3-13,17-18H2,1-2H3. The molecule has 1 aromatic carbocycles. The number of rotatable bonds is 17. The molecule has 1 rings (SSSR count). The van der Waals surface area contributed by atoms with E-state index < -0.39 is 53.1 Å². The molecule has 0 bridgehead atoms. The fourth-order valence-electron chi connectivity index (χ4n) is 3.66. The third-order valence-corrected chi connectivity index (χ3v) is 5.73. The summed E-state index contributed by atoms with van der Waals surface area (Å²) >= 11 is 0. The van der Waals surface area contributed by atoms with Crippen molar-refractivity contribution in [3.05, 3.63) is 29.8 Å². The number of anilines is 1. The second kappa shape index (κ2) is 13.4. The Labute approximate surface area is 191 Å². The van der Waals surface area contributed by atoms with E-state index in [0.717, 1.165) is 31.7 Å². The van der Waals surface area contributed by atoms with Crippen LogP contribution in [0, 0.1) is 11.6 Å². The lowest BCUT2D eigenvalue weighted by atomic mass is 10.00. The fraction of sp³-hybridized carbons (Fsp3) is 0.750. The summed E-state index contributed by atoms with van der Waals surface area (Å²) in [6, 6.07) is -3.22. The van der Waals surface area contributed by atoms with Crippen molar-refractivity contribution < 1.29 is 35.1 Å². The number of hydrogen-bond donors (Lipinski definition) is 0. The summed E-state index contributed by atoms with van der Waals surface area (Å²) < 4.78 is 116. The highest BCUT2D eigenvalue weighted by molar-refractivity contribution is 5.50. The predicted octanol–water partition coefficient (Wildman–Crippen LogP) is 9.36. The number of unbranched alkanes of at least 4 members (excludes halogenated alkanes) is 9. The molecule has 0 saturated heterocycles. The highest BCUT2D eigenvalue weighted by Crippen LogP contribution is 2.51. The molecular formula is C24H35F8N. The average molecular weight is 490 g/mol. The Kier molecular flexibility index (Phi) is 12.0. The smallest absolute Gasteiger partial charge is 0.305 e. The van der Waals surface area contributed by atoms with Crippen molar-refractivity contribution in [2.75, 3.05) is 11.4 Å². The Hall–Kier alpha value is -1.54. The molecule has 0 aliphatic carbocycles. The van der Waals surface area contributed by atoms with E-state index in [9.17, 15) is 26.3 Å². The second-order valence-corrected chi connectivity index (χ2v) is 8.48. The first-order chi connectivity index (χ1) is 15.4. The lowest BCUT2D eigenvalue weighted by molar-refractivity contribution is -0.310. The Morgan fingerprint density at radius 3 is 1.79 bits per heavy atom. The van der Waals surface area contributed by atoms with E-state index in [1.165, 1.54) is 0 Å². The van der Waals surface area contributed by atoms with Crippen LogP contribution in [-0.4, -0.2) is 24.4 Å². The Morgan fingerprint density at radius 1 is 0.697 bits per heavy atom. The summed E-state index contributed by atoms with van der Waals surface area (Å²) in [7, 11) is 0. The van der Waals surface area contributed by atoms with Crippen molar-refractivity contribution in [1.29, 1.82) is 0 Å². The van der Waals surface area contributed by atoms with Gasteiger partial charge < -0.3 is 4.90 Å². The minimum absolute atomic E-state index is 0.0597. The SMILES string of the molecule is CCCCCCCCCN(c1cccc(F)c1F)C(F)(F)C(F)(F)C(F)(F)CCCCCC. The molecule has 0 aromatic heterocycles. The molecule has 192 valence electrons. The van der Waals surface area contributed by atoms with Crippen LogP contribution in [0.25, 0.3) is 0 Å². The molecule has 0 amide bonds. The first-order valence-corrected chi connectivity index (χ1v) is 11.8. The van der Waals surface area contributed by atoms with Gasteiger partial charge in [-0.3, -0.25) is 0 Å². The lowest BCUT2D eigenvalue weighted by Gasteiger charge is -2.40. The summed E-state index contributed by atoms with van der Waals surface area (Å²) in [5.41, 5.74) is -1.16. The molecule has 0 spiro atoms. The maximum atomic E-state index is 15.0. The highest BCUT2D eigenvalue weighted by Gasteiger charge is 2.73. The largest absolute Gasteiger partial charge is 0.395 e. The van der Waals surface area contributed by atoms with Crippen molar-refractivity contribution in [2.45, 2.75) is 109 Å². The van der Waals surface area contributed by atoms with E-state index in [2.05, 4.69) is 0 Å². The van der Waals surface area contributed by atoms with E-state index in [0.29, 0.717) is 37.8 Å². The van der Waals surface area contributed by atoms with Gasteiger partial charge in [0.2, 0.25) is 0 Å². The van der Waals surface area contributed by atoms with Crippen molar-refractivity contribution >= 4 is 5.69 Å². The average Bonchev–Trinajstić information content (AvgIpc) is 2.75. The zero-order valence-corrected chi connectivity index (χ0v) is 19.4. The van der Waals surface area contributed by atoms with Crippen LogP contribution in [0.15, 0.2) is 18.2 Å². The van der Waals surface area contributed by atoms with Crippen LogP contribution in [0.4, 0.5) is 40.8 Å². The minimum atomic E-state index is -5.79. The van der Waals surface area contributed by atoms with Gasteiger partial charge in [-0.1, -0.05) is 77.7 Å². The van der Waals surface area contributed by atoms with Crippen LogP contribution in [0.5, 0.6) is 0 Å². The van der Waals surface area contributed by atoms with Gasteiger partial charge in [0.1, 0.15) is 0 Å². The van der Waals surface area contributed by atoms with E-state index in [4.69, 9.17) is 0 Å². The molecule has 0 aliphatic heterocycles. The van der Waals surface area contributed by atoms with E-state index in [1.54, 1.807) is 6.92 Å². The van der Waals surface area contributed by atoms with Gasteiger partial charge in [-0.25, -0.2) is 8.78 Å². The Balaban J connectivity index is 3.11. The Bertz CT molecular complexity index is 693. The zero-order valence-electron chi connectivity index (χ0n) is 19.4. The van der Waals surface area contributed by atoms with Gasteiger partial charge in [-0.05, 0) is 25.0 Å². The van der Waals surface area contributed by atoms with Gasteiger partial charge in [0.25, 0.3) is 0 Å². The summed E-state index contributed by atoms with van der Waals surface area (Å²) in [5, 5.41) is 0. The zero-order chi connectivity index (χ0) is 25.1. The van der Waals surface area contributed by atoms with Crippen LogP contribution < -0.4 is 4.90 Å². The van der Waals surface area contributed by atoms with Crippen molar-refractivity contribution in [2.24, 2.45) is 0 Å². The molecule has 0 fully saturated rings. The summed E-state index contributed by atoms with van der Waals surface area (Å²) in [6.07, 6.45) is 4.27. The van der Waals surface area contributed by atoms with Crippen LogP contribution in [0.1, 0.15) is 90.9 Å². The molecule has 0 saturated carbocycles. The quantitative estimate of drug-likeness (QED) is 0.120. The van der Waals surface area contributed by atoms with E-state index >= 15 is 8.78 Å². The minimum Gasteiger partial charge on any atom is -0.305 e. The van der Waals surface area contributed by atoms with E-state index in [1.807, 2.05) is 6.92 Å². The van der Waals surface area contributed by atoms with Crippen LogP contribution in [0.3, 0.4) is 0 Å². The fourth-order valence-corrected chi connectivity index (χ4v) is 3.66. The van der Waals surface area contributed by atoms with Crippen molar-refractivity contribution in [1.82, 2.24) is 0 Å². The molecule has 1 aromatic rings. The maximum Gasteiger partial charge on any atom is 0.395 e. The van der Waals surface area contributed by atoms with Gasteiger partial charge in [-0.15, -0.1) is 0 Å². The maximum absolute atomic E-state index is 15.0. The molecule has 1 nitrogen and oxygen atoms in total. The van der Waals surface area contributed by atoms with Gasteiger partial charge in [0, 0.05) is 13.0 Å². The second-order valence-electron chi connectivity index (χ2n) is 8.48. The monoisotopic (exact) mass is 489 g/mol. The van der Waals surface area contributed by atoms with Crippen LogP contribution >= 0.6 is 0 Å². The normalized spacial score (nSPS) is 12.9. The number of hydrogen-bond acceptors (Lipinski definition) is 1. The first kappa shape index (κ1) is 29.5. The first-order valence-electron chi connectivity index (χ1n) is 11.8. The van der Waals surface area contributed by atoms with Crippen molar-refractivity contribution in [3.63, 3.8) is 0 Å². The third-order valence-electron chi connectivity index (χ3n) is 5.73. The number of benzene rings is 1. The molecule has 33 heavy (non-hydrogen) atoms. The highest BCUT2D eigenvalue weighted by atomic mass is 19.3. The van der Waals surface area contributed by atoms with Gasteiger partial charge in [-0.2, -0.15) is 26.3 Å². The summed E-state index contributed by atoms with van der Waals surface area (Å²) in [6.45, 7) is 2.99. The number of nitrogens with zero attached hydrogens (tertiary/aromatic N) is 1. The Morgan fingerprint density at radius 2 is 1.21 bits per heavy atom. The number of halogens is 8. The third kappa shape index (κ3) is 7.74. The molecule has 0 aliphatic rings. The van der Waals surface area contributed by atoms with Gasteiger partial charge in [0.05, 0.1) is 5.69 Å². The van der Waals surface area contributed by atoms with Gasteiger partial charge >= 0.3 is 17.9 Å². The molecular weight excluding hydrogens is 454 g/mol. The van der Waals surface area contributed by atoms with Gasteiger partial charge in [0.15, 0.2) is 11.6 Å². The predicted molar refractivity (Wildman–Crippen MR) is 115 cm³/mol.